The fourth-order valence-corrected chi connectivity index (χ4v) is 2.85. The van der Waals surface area contributed by atoms with E-state index in [1.807, 2.05) is 6.92 Å². The Labute approximate surface area is 121 Å². The number of piperidine rings is 1. The van der Waals surface area contributed by atoms with Gasteiger partial charge in [0.15, 0.2) is 0 Å². The fourth-order valence-electron chi connectivity index (χ4n) is 2.37. The van der Waals surface area contributed by atoms with E-state index in [1.165, 1.54) is 0 Å². The highest BCUT2D eigenvalue weighted by atomic mass is 79.9. The SMILES string of the molecule is CCn1cc(Br)cc(C(=O)N2CCC(C)CC2)c1=O. The molecular formula is C14H19BrN2O2. The number of halogens is 1. The van der Waals surface area contributed by atoms with Crippen molar-refractivity contribution in [1.29, 1.82) is 0 Å². The molecule has 1 fully saturated rings. The molecule has 19 heavy (non-hydrogen) atoms. The van der Waals surface area contributed by atoms with Gasteiger partial charge < -0.3 is 9.47 Å². The highest BCUT2D eigenvalue weighted by Gasteiger charge is 2.24. The molecule has 4 nitrogen and oxygen atoms in total. The molecule has 104 valence electrons. The van der Waals surface area contributed by atoms with Gasteiger partial charge in [0.05, 0.1) is 0 Å². The van der Waals surface area contributed by atoms with Gasteiger partial charge in [0.1, 0.15) is 5.56 Å². The summed E-state index contributed by atoms with van der Waals surface area (Å²) in [7, 11) is 0. The van der Waals surface area contributed by atoms with Gasteiger partial charge in [-0.15, -0.1) is 0 Å². The van der Waals surface area contributed by atoms with Crippen LogP contribution in [0.1, 0.15) is 37.0 Å². The van der Waals surface area contributed by atoms with Crippen LogP contribution in [0.4, 0.5) is 0 Å². The minimum Gasteiger partial charge on any atom is -0.338 e. The van der Waals surface area contributed by atoms with Crippen LogP contribution in [0.25, 0.3) is 0 Å². The van der Waals surface area contributed by atoms with Gasteiger partial charge in [0, 0.05) is 30.3 Å². The smallest absolute Gasteiger partial charge is 0.263 e. The maximum absolute atomic E-state index is 12.4. The van der Waals surface area contributed by atoms with Gasteiger partial charge in [0.25, 0.3) is 11.5 Å². The van der Waals surface area contributed by atoms with Crippen molar-refractivity contribution in [2.24, 2.45) is 5.92 Å². The van der Waals surface area contributed by atoms with Crippen LogP contribution in [-0.4, -0.2) is 28.5 Å². The molecule has 0 bridgehead atoms. The molecule has 1 aliphatic heterocycles. The Hall–Kier alpha value is -1.10. The summed E-state index contributed by atoms with van der Waals surface area (Å²) >= 11 is 3.36. The van der Waals surface area contributed by atoms with Crippen molar-refractivity contribution in [3.05, 3.63) is 32.7 Å². The number of amides is 1. The number of aryl methyl sites for hydroxylation is 1. The fraction of sp³-hybridized carbons (Fsp3) is 0.571. The summed E-state index contributed by atoms with van der Waals surface area (Å²) < 4.78 is 2.33. The van der Waals surface area contributed by atoms with Crippen LogP contribution >= 0.6 is 15.9 Å². The van der Waals surface area contributed by atoms with Crippen LogP contribution in [-0.2, 0) is 6.54 Å². The molecule has 2 rings (SSSR count). The second-order valence-corrected chi connectivity index (χ2v) is 6.05. The normalized spacial score (nSPS) is 16.7. The van der Waals surface area contributed by atoms with E-state index in [-0.39, 0.29) is 17.0 Å². The van der Waals surface area contributed by atoms with Crippen LogP contribution in [0.5, 0.6) is 0 Å². The van der Waals surface area contributed by atoms with Crippen molar-refractivity contribution in [2.45, 2.75) is 33.2 Å². The predicted octanol–water partition coefficient (Wildman–Crippen LogP) is 2.50. The van der Waals surface area contributed by atoms with Gasteiger partial charge >= 0.3 is 0 Å². The second kappa shape index (κ2) is 5.90. The molecule has 0 saturated carbocycles. The standard InChI is InChI=1S/C14H19BrN2O2/c1-3-16-9-11(15)8-12(13(16)18)14(19)17-6-4-10(2)5-7-17/h8-10H,3-7H2,1-2H3. The monoisotopic (exact) mass is 326 g/mol. The molecular weight excluding hydrogens is 308 g/mol. The number of hydrogen-bond acceptors (Lipinski definition) is 2. The first-order valence-electron chi connectivity index (χ1n) is 6.72. The van der Waals surface area contributed by atoms with E-state index in [4.69, 9.17) is 0 Å². The van der Waals surface area contributed by atoms with Gasteiger partial charge in [0.2, 0.25) is 0 Å². The Bertz CT molecular complexity index is 531. The molecule has 5 heteroatoms. The van der Waals surface area contributed by atoms with Gasteiger partial charge in [-0.3, -0.25) is 9.59 Å². The highest BCUT2D eigenvalue weighted by molar-refractivity contribution is 9.10. The Kier molecular flexibility index (Phi) is 4.45. The first kappa shape index (κ1) is 14.3. The van der Waals surface area contributed by atoms with E-state index in [0.717, 1.165) is 30.4 Å². The summed E-state index contributed by atoms with van der Waals surface area (Å²) in [6, 6.07) is 1.63. The number of rotatable bonds is 2. The zero-order valence-corrected chi connectivity index (χ0v) is 12.9. The molecule has 0 spiro atoms. The van der Waals surface area contributed by atoms with Gasteiger partial charge in [-0.25, -0.2) is 0 Å². The molecule has 0 N–H and O–H groups in total. The molecule has 1 saturated heterocycles. The van der Waals surface area contributed by atoms with Crippen molar-refractivity contribution >= 4 is 21.8 Å². The van der Waals surface area contributed by atoms with E-state index < -0.39 is 0 Å². The third kappa shape index (κ3) is 3.08. The van der Waals surface area contributed by atoms with Crippen LogP contribution in [0.2, 0.25) is 0 Å². The average molecular weight is 327 g/mol. The number of carbonyl (C=O) groups excluding carboxylic acids is 1. The molecule has 0 atom stereocenters. The summed E-state index contributed by atoms with van der Waals surface area (Å²) in [5.74, 6) is 0.527. The quantitative estimate of drug-likeness (QED) is 0.838. The summed E-state index contributed by atoms with van der Waals surface area (Å²) in [5, 5.41) is 0. The average Bonchev–Trinajstić information content (AvgIpc) is 2.41. The van der Waals surface area contributed by atoms with Gasteiger partial charge in [-0.1, -0.05) is 6.92 Å². The van der Waals surface area contributed by atoms with Crippen LogP contribution in [0.3, 0.4) is 0 Å². The lowest BCUT2D eigenvalue weighted by Crippen LogP contribution is -2.41. The number of nitrogens with zero attached hydrogens (tertiary/aromatic N) is 2. The van der Waals surface area contributed by atoms with Crippen molar-refractivity contribution < 1.29 is 4.79 Å². The van der Waals surface area contributed by atoms with E-state index in [0.29, 0.717) is 12.5 Å². The number of likely N-dealkylation sites (tertiary alicyclic amines) is 1. The lowest BCUT2D eigenvalue weighted by atomic mass is 9.99. The Morgan fingerprint density at radius 3 is 2.63 bits per heavy atom. The largest absolute Gasteiger partial charge is 0.338 e. The number of hydrogen-bond donors (Lipinski definition) is 0. The van der Waals surface area contributed by atoms with Crippen molar-refractivity contribution in [3.8, 4) is 0 Å². The topological polar surface area (TPSA) is 42.3 Å². The molecule has 1 aliphatic rings. The first-order valence-corrected chi connectivity index (χ1v) is 7.51. The van der Waals surface area contributed by atoms with E-state index in [2.05, 4.69) is 22.9 Å². The minimum absolute atomic E-state index is 0.139. The lowest BCUT2D eigenvalue weighted by Gasteiger charge is -2.30. The van der Waals surface area contributed by atoms with Crippen LogP contribution in [0.15, 0.2) is 21.5 Å². The molecule has 1 aromatic heterocycles. The summed E-state index contributed by atoms with van der Waals surface area (Å²) in [6.07, 6.45) is 3.75. The molecule has 1 aromatic rings. The van der Waals surface area contributed by atoms with Gasteiger partial charge in [-0.2, -0.15) is 0 Å². The maximum atomic E-state index is 12.4. The molecule has 1 amide bonds. The summed E-state index contributed by atoms with van der Waals surface area (Å²) in [6.45, 7) is 6.15. The third-order valence-electron chi connectivity index (χ3n) is 3.69. The second-order valence-electron chi connectivity index (χ2n) is 5.14. The summed E-state index contributed by atoms with van der Waals surface area (Å²) in [4.78, 5) is 26.4. The Morgan fingerprint density at radius 2 is 2.05 bits per heavy atom. The predicted molar refractivity (Wildman–Crippen MR) is 78.4 cm³/mol. The zero-order chi connectivity index (χ0) is 14.0. The number of pyridine rings is 1. The van der Waals surface area contributed by atoms with Crippen molar-refractivity contribution in [2.75, 3.05) is 13.1 Å². The number of carbonyl (C=O) groups is 1. The van der Waals surface area contributed by atoms with Gasteiger partial charge in [-0.05, 0) is 47.7 Å². The zero-order valence-electron chi connectivity index (χ0n) is 11.4. The first-order chi connectivity index (χ1) is 9.02. The van der Waals surface area contributed by atoms with Crippen LogP contribution < -0.4 is 5.56 Å². The van der Waals surface area contributed by atoms with E-state index >= 15 is 0 Å². The Balaban J connectivity index is 2.29. The Morgan fingerprint density at radius 1 is 1.42 bits per heavy atom. The van der Waals surface area contributed by atoms with Crippen molar-refractivity contribution in [1.82, 2.24) is 9.47 Å². The molecule has 0 radical (unpaired) electrons. The van der Waals surface area contributed by atoms with Crippen LogP contribution in [0, 0.1) is 5.92 Å². The molecule has 0 aromatic carbocycles. The maximum Gasteiger partial charge on any atom is 0.263 e. The third-order valence-corrected chi connectivity index (χ3v) is 4.13. The molecule has 0 unspecified atom stereocenters. The molecule has 2 heterocycles. The highest BCUT2D eigenvalue weighted by Crippen LogP contribution is 2.18. The van der Waals surface area contributed by atoms with E-state index in [1.54, 1.807) is 21.7 Å². The summed E-state index contributed by atoms with van der Waals surface area (Å²) in [5.41, 5.74) is 0.0695. The van der Waals surface area contributed by atoms with Crippen molar-refractivity contribution in [3.63, 3.8) is 0 Å². The van der Waals surface area contributed by atoms with E-state index in [9.17, 15) is 9.59 Å². The molecule has 0 aliphatic carbocycles. The number of aromatic nitrogens is 1. The minimum atomic E-state index is -0.200. The lowest BCUT2D eigenvalue weighted by molar-refractivity contribution is 0.0694.